The largest absolute Gasteiger partial charge is 0.493 e. The van der Waals surface area contributed by atoms with Crippen LogP contribution in [0.5, 0.6) is 5.75 Å². The summed E-state index contributed by atoms with van der Waals surface area (Å²) in [5, 5.41) is 8.87. The fraction of sp³-hybridized carbons (Fsp3) is 0.421. The van der Waals surface area contributed by atoms with Gasteiger partial charge in [-0.3, -0.25) is 4.98 Å². The van der Waals surface area contributed by atoms with Gasteiger partial charge in [0.15, 0.2) is 5.69 Å². The lowest BCUT2D eigenvalue weighted by molar-refractivity contribution is 0.0690. The first kappa shape index (κ1) is 17.9. The summed E-state index contributed by atoms with van der Waals surface area (Å²) < 4.78 is 5.91. The third-order valence-corrected chi connectivity index (χ3v) is 3.58. The Morgan fingerprint density at radius 1 is 1.17 bits per heavy atom. The summed E-state index contributed by atoms with van der Waals surface area (Å²) in [6.45, 7) is 9.23. The Morgan fingerprint density at radius 2 is 1.92 bits per heavy atom. The summed E-state index contributed by atoms with van der Waals surface area (Å²) in [6.07, 6.45) is 3.42. The summed E-state index contributed by atoms with van der Waals surface area (Å²) in [5.74, 6) is 0.692. The van der Waals surface area contributed by atoms with Crippen molar-refractivity contribution in [3.63, 3.8) is 0 Å². The van der Waals surface area contributed by atoms with E-state index in [1.165, 1.54) is 18.0 Å². The molecule has 0 aliphatic heterocycles. The highest BCUT2D eigenvalue weighted by Crippen LogP contribution is 2.28. The van der Waals surface area contributed by atoms with Gasteiger partial charge in [-0.2, -0.15) is 0 Å². The molecule has 1 heterocycles. The zero-order valence-electron chi connectivity index (χ0n) is 14.6. The highest BCUT2D eigenvalue weighted by Gasteiger charge is 2.11. The first-order valence-corrected chi connectivity index (χ1v) is 8.16. The molecule has 128 valence electrons. The number of carbonyl (C=O) groups is 1. The summed E-state index contributed by atoms with van der Waals surface area (Å²) in [4.78, 5) is 18.9. The zero-order chi connectivity index (χ0) is 17.7. The van der Waals surface area contributed by atoms with E-state index in [9.17, 15) is 4.79 Å². The number of carboxylic acids is 1. The van der Waals surface area contributed by atoms with Crippen molar-refractivity contribution in [2.24, 2.45) is 5.92 Å². The molecule has 0 saturated heterocycles. The molecule has 0 radical (unpaired) electrons. The Morgan fingerprint density at radius 3 is 2.46 bits per heavy atom. The second-order valence-corrected chi connectivity index (χ2v) is 6.61. The summed E-state index contributed by atoms with van der Waals surface area (Å²) in [6, 6.07) is 6.16. The fourth-order valence-electron chi connectivity index (χ4n) is 2.31. The Bertz CT molecular complexity index is 694. The lowest BCUT2D eigenvalue weighted by atomic mass is 9.98. The van der Waals surface area contributed by atoms with Crippen LogP contribution in [0.15, 0.2) is 30.6 Å². The summed E-state index contributed by atoms with van der Waals surface area (Å²) in [5.41, 5.74) is 2.97. The smallest absolute Gasteiger partial charge is 0.356 e. The SMILES string of the molecule is CC(C)COc1ccc(Cc2cnc(C(=O)O)cn2)cc1C(C)C. The van der Waals surface area contributed by atoms with Crippen LogP contribution in [0.3, 0.4) is 0 Å². The van der Waals surface area contributed by atoms with E-state index in [1.54, 1.807) is 0 Å². The van der Waals surface area contributed by atoms with Gasteiger partial charge in [-0.25, -0.2) is 9.78 Å². The van der Waals surface area contributed by atoms with Crippen LogP contribution < -0.4 is 4.74 Å². The van der Waals surface area contributed by atoms with Crippen molar-refractivity contribution in [2.75, 3.05) is 6.61 Å². The number of aromatic carboxylic acids is 1. The summed E-state index contributed by atoms with van der Waals surface area (Å²) >= 11 is 0. The predicted octanol–water partition coefficient (Wildman–Crippen LogP) is 3.92. The number of benzene rings is 1. The maximum Gasteiger partial charge on any atom is 0.356 e. The van der Waals surface area contributed by atoms with E-state index in [1.807, 2.05) is 12.1 Å². The van der Waals surface area contributed by atoms with E-state index >= 15 is 0 Å². The number of aromatic nitrogens is 2. The van der Waals surface area contributed by atoms with Crippen LogP contribution in [0.1, 0.15) is 60.9 Å². The van der Waals surface area contributed by atoms with E-state index in [4.69, 9.17) is 9.84 Å². The van der Waals surface area contributed by atoms with Crippen LogP contribution in [-0.2, 0) is 6.42 Å². The molecule has 0 bridgehead atoms. The van der Waals surface area contributed by atoms with Crippen LogP contribution in [0.25, 0.3) is 0 Å². The minimum atomic E-state index is -1.07. The van der Waals surface area contributed by atoms with Crippen LogP contribution >= 0.6 is 0 Å². The Balaban J connectivity index is 2.18. The van der Waals surface area contributed by atoms with E-state index < -0.39 is 5.97 Å². The van der Waals surface area contributed by atoms with Gasteiger partial charge in [0, 0.05) is 12.6 Å². The van der Waals surface area contributed by atoms with E-state index in [0.29, 0.717) is 24.9 Å². The van der Waals surface area contributed by atoms with Crippen molar-refractivity contribution in [1.29, 1.82) is 0 Å². The maximum absolute atomic E-state index is 10.8. The minimum Gasteiger partial charge on any atom is -0.493 e. The Hall–Kier alpha value is -2.43. The topological polar surface area (TPSA) is 72.3 Å². The molecule has 0 spiro atoms. The first-order chi connectivity index (χ1) is 11.4. The maximum atomic E-state index is 10.8. The quantitative estimate of drug-likeness (QED) is 0.834. The van der Waals surface area contributed by atoms with Crippen LogP contribution in [0.2, 0.25) is 0 Å². The molecule has 2 rings (SSSR count). The average Bonchev–Trinajstić information content (AvgIpc) is 2.53. The lowest BCUT2D eigenvalue weighted by Gasteiger charge is -2.17. The molecule has 0 unspecified atom stereocenters. The average molecular weight is 328 g/mol. The molecule has 0 fully saturated rings. The van der Waals surface area contributed by atoms with E-state index in [0.717, 1.165) is 17.0 Å². The second kappa shape index (κ2) is 7.90. The molecule has 0 atom stereocenters. The third-order valence-electron chi connectivity index (χ3n) is 3.58. The van der Waals surface area contributed by atoms with Gasteiger partial charge in [0.2, 0.25) is 0 Å². The molecule has 1 aromatic heterocycles. The van der Waals surface area contributed by atoms with Crippen LogP contribution in [0, 0.1) is 5.92 Å². The van der Waals surface area contributed by atoms with Gasteiger partial charge in [0.05, 0.1) is 18.5 Å². The van der Waals surface area contributed by atoms with Crippen molar-refractivity contribution < 1.29 is 14.6 Å². The molecule has 1 N–H and O–H groups in total. The van der Waals surface area contributed by atoms with Gasteiger partial charge in [-0.15, -0.1) is 0 Å². The standard InChI is InChI=1S/C19H24N2O3/c1-12(2)11-24-18-6-5-14(8-16(18)13(3)4)7-15-9-21-17(10-20-15)19(22)23/h5-6,8-10,12-13H,7,11H2,1-4H3,(H,22,23). The minimum absolute atomic E-state index is 0.0425. The Labute approximate surface area is 142 Å². The van der Waals surface area contributed by atoms with Crippen molar-refractivity contribution in [3.8, 4) is 5.75 Å². The zero-order valence-corrected chi connectivity index (χ0v) is 14.6. The van der Waals surface area contributed by atoms with Crippen LogP contribution in [-0.4, -0.2) is 27.7 Å². The van der Waals surface area contributed by atoms with Gasteiger partial charge in [-0.1, -0.05) is 39.8 Å². The number of hydrogen-bond acceptors (Lipinski definition) is 4. The summed E-state index contributed by atoms with van der Waals surface area (Å²) in [7, 11) is 0. The molecule has 0 amide bonds. The van der Waals surface area contributed by atoms with Gasteiger partial charge in [0.1, 0.15) is 5.75 Å². The van der Waals surface area contributed by atoms with Gasteiger partial charge >= 0.3 is 5.97 Å². The number of hydrogen-bond donors (Lipinski definition) is 1. The number of rotatable bonds is 7. The Kier molecular flexibility index (Phi) is 5.90. The van der Waals surface area contributed by atoms with Crippen molar-refractivity contribution >= 4 is 5.97 Å². The molecule has 0 aliphatic carbocycles. The highest BCUT2D eigenvalue weighted by atomic mass is 16.5. The van der Waals surface area contributed by atoms with Gasteiger partial charge in [-0.05, 0) is 29.0 Å². The normalized spacial score (nSPS) is 11.1. The van der Waals surface area contributed by atoms with Crippen molar-refractivity contribution in [3.05, 3.63) is 53.1 Å². The molecule has 24 heavy (non-hydrogen) atoms. The fourth-order valence-corrected chi connectivity index (χ4v) is 2.31. The first-order valence-electron chi connectivity index (χ1n) is 8.16. The van der Waals surface area contributed by atoms with E-state index in [2.05, 4.69) is 43.7 Å². The number of ether oxygens (including phenoxy) is 1. The van der Waals surface area contributed by atoms with E-state index in [-0.39, 0.29) is 5.69 Å². The highest BCUT2D eigenvalue weighted by molar-refractivity contribution is 5.84. The molecule has 2 aromatic rings. The third kappa shape index (κ3) is 4.78. The monoisotopic (exact) mass is 328 g/mol. The number of carboxylic acid groups (broad SMARTS) is 1. The lowest BCUT2D eigenvalue weighted by Crippen LogP contribution is -2.07. The molecule has 0 aliphatic rings. The molecule has 1 aromatic carbocycles. The van der Waals surface area contributed by atoms with Crippen LogP contribution in [0.4, 0.5) is 0 Å². The van der Waals surface area contributed by atoms with Crippen molar-refractivity contribution in [2.45, 2.75) is 40.0 Å². The van der Waals surface area contributed by atoms with Gasteiger partial charge in [0.25, 0.3) is 0 Å². The molecular weight excluding hydrogens is 304 g/mol. The number of nitrogens with zero attached hydrogens (tertiary/aromatic N) is 2. The molecule has 5 heteroatoms. The van der Waals surface area contributed by atoms with Crippen molar-refractivity contribution in [1.82, 2.24) is 9.97 Å². The molecular formula is C19H24N2O3. The molecule has 0 saturated carbocycles. The van der Waals surface area contributed by atoms with Gasteiger partial charge < -0.3 is 9.84 Å². The second-order valence-electron chi connectivity index (χ2n) is 6.61. The molecule has 5 nitrogen and oxygen atoms in total. The predicted molar refractivity (Wildman–Crippen MR) is 92.7 cm³/mol.